The van der Waals surface area contributed by atoms with Crippen molar-refractivity contribution in [2.75, 3.05) is 11.5 Å². The molecule has 1 atom stereocenters. The molecule has 2 heterocycles. The van der Waals surface area contributed by atoms with E-state index in [0.717, 1.165) is 6.42 Å². The van der Waals surface area contributed by atoms with E-state index in [2.05, 4.69) is 15.1 Å². The molecule has 40 heavy (non-hydrogen) atoms. The Morgan fingerprint density at radius 2 is 1.90 bits per heavy atom. The van der Waals surface area contributed by atoms with Crippen molar-refractivity contribution in [3.63, 3.8) is 0 Å². The van der Waals surface area contributed by atoms with Crippen LogP contribution in [0.25, 0.3) is 16.9 Å². The van der Waals surface area contributed by atoms with Crippen LogP contribution in [0.2, 0.25) is 5.02 Å². The zero-order chi connectivity index (χ0) is 29.0. The van der Waals surface area contributed by atoms with Gasteiger partial charge in [0.1, 0.15) is 0 Å². The van der Waals surface area contributed by atoms with Crippen LogP contribution < -0.4 is 20.9 Å². The Morgan fingerprint density at radius 3 is 2.58 bits per heavy atom. The van der Waals surface area contributed by atoms with Gasteiger partial charge in [-0.3, -0.25) is 4.79 Å². The highest BCUT2D eigenvalue weighted by Crippen LogP contribution is 2.41. The predicted octanol–water partition coefficient (Wildman–Crippen LogP) is 6.23. The highest BCUT2D eigenvalue weighted by molar-refractivity contribution is 6.30. The molecular formula is C27H26ClF3N6O3. The molecule has 2 aromatic carbocycles. The third-order valence-corrected chi connectivity index (χ3v) is 6.01. The molecule has 0 aliphatic rings. The standard InChI is InChI=1S/C27H26ClF3N6O3/c1-3-4-8-23(38)40-24-17(6-5-7-19(24)32)20-14-22(35-26(33)34-20)39-25(27(29,30)31)18-10-9-16(28)13-21(18)37-12-11-15(2)36-37/h5-7,9-14,25H,3-4,8,32H2,1-2H3,(H2,33,34,35). The van der Waals surface area contributed by atoms with Gasteiger partial charge in [0.15, 0.2) is 5.75 Å². The molecule has 0 saturated carbocycles. The lowest BCUT2D eigenvalue weighted by atomic mass is 10.1. The highest BCUT2D eigenvalue weighted by atomic mass is 35.5. The van der Waals surface area contributed by atoms with Gasteiger partial charge in [-0.2, -0.15) is 23.3 Å². The number of esters is 1. The van der Waals surface area contributed by atoms with Crippen molar-refractivity contribution in [1.82, 2.24) is 19.7 Å². The summed E-state index contributed by atoms with van der Waals surface area (Å²) >= 11 is 6.11. The molecule has 9 nitrogen and oxygen atoms in total. The Morgan fingerprint density at radius 1 is 1.12 bits per heavy atom. The molecule has 0 amide bonds. The summed E-state index contributed by atoms with van der Waals surface area (Å²) in [5.74, 6) is -1.33. The number of unbranched alkanes of at least 4 members (excludes halogenated alkanes) is 1. The van der Waals surface area contributed by atoms with Crippen molar-refractivity contribution in [2.24, 2.45) is 0 Å². The number of hydrogen-bond acceptors (Lipinski definition) is 8. The number of anilines is 2. The Kier molecular flexibility index (Phi) is 8.48. The smallest absolute Gasteiger partial charge is 0.429 e. The molecule has 210 valence electrons. The summed E-state index contributed by atoms with van der Waals surface area (Å²) in [4.78, 5) is 20.3. The Hall–Kier alpha value is -4.32. The molecule has 4 aromatic rings. The first-order chi connectivity index (χ1) is 19.0. The third-order valence-electron chi connectivity index (χ3n) is 5.77. The van der Waals surface area contributed by atoms with Crippen LogP contribution in [0, 0.1) is 6.92 Å². The van der Waals surface area contributed by atoms with E-state index in [1.54, 1.807) is 25.1 Å². The molecule has 4 N–H and O–H groups in total. The van der Waals surface area contributed by atoms with E-state index >= 15 is 0 Å². The lowest BCUT2D eigenvalue weighted by molar-refractivity contribution is -0.198. The minimum Gasteiger partial charge on any atom is -0.459 e. The number of hydrogen-bond donors (Lipinski definition) is 2. The lowest BCUT2D eigenvalue weighted by Crippen LogP contribution is -2.28. The van der Waals surface area contributed by atoms with Gasteiger partial charge in [0, 0.05) is 34.8 Å². The van der Waals surface area contributed by atoms with E-state index in [4.69, 9.17) is 32.5 Å². The van der Waals surface area contributed by atoms with Crippen LogP contribution in [0.3, 0.4) is 0 Å². The van der Waals surface area contributed by atoms with Crippen LogP contribution in [0.1, 0.15) is 43.5 Å². The molecule has 0 aliphatic heterocycles. The summed E-state index contributed by atoms with van der Waals surface area (Å²) in [5.41, 5.74) is 12.7. The van der Waals surface area contributed by atoms with Gasteiger partial charge in [0.05, 0.1) is 22.8 Å². The number of nitrogen functional groups attached to an aromatic ring is 2. The quantitative estimate of drug-likeness (QED) is 0.136. The second-order valence-electron chi connectivity index (χ2n) is 8.90. The van der Waals surface area contributed by atoms with Gasteiger partial charge < -0.3 is 20.9 Å². The molecule has 1 unspecified atom stereocenters. The molecule has 13 heteroatoms. The van der Waals surface area contributed by atoms with E-state index in [1.165, 1.54) is 41.2 Å². The van der Waals surface area contributed by atoms with Gasteiger partial charge in [-0.1, -0.05) is 37.1 Å². The Bertz CT molecular complexity index is 1530. The molecule has 0 saturated heterocycles. The predicted molar refractivity (Wildman–Crippen MR) is 144 cm³/mol. The first-order valence-electron chi connectivity index (χ1n) is 12.3. The number of aryl methyl sites for hydroxylation is 1. The first-order valence-corrected chi connectivity index (χ1v) is 12.6. The zero-order valence-electron chi connectivity index (χ0n) is 21.6. The number of para-hydroxylation sites is 1. The number of aromatic nitrogens is 4. The average molecular weight is 575 g/mol. The fraction of sp³-hybridized carbons (Fsp3) is 0.259. The van der Waals surface area contributed by atoms with Gasteiger partial charge in [0.2, 0.25) is 17.9 Å². The van der Waals surface area contributed by atoms with Gasteiger partial charge in [-0.15, -0.1) is 0 Å². The first kappa shape index (κ1) is 28.7. The van der Waals surface area contributed by atoms with Crippen molar-refractivity contribution in [2.45, 2.75) is 45.4 Å². The average Bonchev–Trinajstić information content (AvgIpc) is 3.32. The summed E-state index contributed by atoms with van der Waals surface area (Å²) in [6, 6.07) is 11.4. The molecule has 4 rings (SSSR count). The molecule has 0 radical (unpaired) electrons. The normalized spacial score (nSPS) is 12.2. The number of nitrogens with zero attached hydrogens (tertiary/aromatic N) is 4. The SMILES string of the molecule is CCCCC(=O)Oc1c(N)cccc1-c1cc(OC(c2ccc(Cl)cc2-n2ccc(C)n2)C(F)(F)F)nc(N)n1. The molecule has 0 spiro atoms. The van der Waals surface area contributed by atoms with Gasteiger partial charge >= 0.3 is 12.1 Å². The van der Waals surface area contributed by atoms with Crippen LogP contribution in [0.15, 0.2) is 54.7 Å². The summed E-state index contributed by atoms with van der Waals surface area (Å²) < 4.78 is 55.5. The number of ether oxygens (including phenoxy) is 2. The van der Waals surface area contributed by atoms with Crippen molar-refractivity contribution < 1.29 is 27.4 Å². The molecule has 0 aliphatic carbocycles. The number of carbonyl (C=O) groups is 1. The maximum Gasteiger partial charge on any atom is 0.429 e. The molecule has 2 aromatic heterocycles. The highest BCUT2D eigenvalue weighted by Gasteiger charge is 2.45. The van der Waals surface area contributed by atoms with E-state index < -0.39 is 24.1 Å². The lowest BCUT2D eigenvalue weighted by Gasteiger charge is -2.24. The minimum atomic E-state index is -4.87. The number of alkyl halides is 3. The largest absolute Gasteiger partial charge is 0.459 e. The number of halogens is 4. The van der Waals surface area contributed by atoms with Gasteiger partial charge in [-0.25, -0.2) is 9.67 Å². The molecule has 0 bridgehead atoms. The van der Waals surface area contributed by atoms with E-state index in [9.17, 15) is 18.0 Å². The summed E-state index contributed by atoms with van der Waals surface area (Å²) in [7, 11) is 0. The van der Waals surface area contributed by atoms with Crippen LogP contribution in [-0.2, 0) is 4.79 Å². The molecular weight excluding hydrogens is 549 g/mol. The maximum atomic E-state index is 14.4. The van der Waals surface area contributed by atoms with Crippen molar-refractivity contribution in [3.05, 3.63) is 71.0 Å². The topological polar surface area (TPSA) is 131 Å². The van der Waals surface area contributed by atoms with Crippen LogP contribution in [0.5, 0.6) is 11.6 Å². The van der Waals surface area contributed by atoms with Crippen molar-refractivity contribution in [3.8, 4) is 28.6 Å². The summed E-state index contributed by atoms with van der Waals surface area (Å²) in [6.45, 7) is 3.63. The number of nitrogens with two attached hydrogens (primary N) is 2. The minimum absolute atomic E-state index is 0.00839. The second kappa shape index (κ2) is 11.8. The Labute approximate surface area is 232 Å². The fourth-order valence-electron chi connectivity index (χ4n) is 3.91. The zero-order valence-corrected chi connectivity index (χ0v) is 22.3. The fourth-order valence-corrected chi connectivity index (χ4v) is 4.08. The number of rotatable bonds is 9. The summed E-state index contributed by atoms with van der Waals surface area (Å²) in [5, 5.41) is 4.43. The number of benzene rings is 2. The third kappa shape index (κ3) is 6.63. The maximum absolute atomic E-state index is 14.4. The van der Waals surface area contributed by atoms with Crippen LogP contribution >= 0.6 is 11.6 Å². The number of carbonyl (C=O) groups excluding carboxylic acids is 1. The van der Waals surface area contributed by atoms with Crippen LogP contribution in [-0.4, -0.2) is 31.9 Å². The van der Waals surface area contributed by atoms with E-state index in [0.29, 0.717) is 12.1 Å². The van der Waals surface area contributed by atoms with E-state index in [-0.39, 0.29) is 51.3 Å². The summed E-state index contributed by atoms with van der Waals surface area (Å²) in [6.07, 6.45) is -4.27. The second-order valence-corrected chi connectivity index (χ2v) is 9.33. The molecule has 0 fully saturated rings. The van der Waals surface area contributed by atoms with Gasteiger partial charge in [0.25, 0.3) is 0 Å². The Balaban J connectivity index is 1.76. The van der Waals surface area contributed by atoms with Crippen molar-refractivity contribution >= 4 is 29.2 Å². The van der Waals surface area contributed by atoms with E-state index in [1.807, 2.05) is 6.92 Å². The van der Waals surface area contributed by atoms with Crippen molar-refractivity contribution in [1.29, 1.82) is 0 Å². The van der Waals surface area contributed by atoms with Gasteiger partial charge in [-0.05, 0) is 43.7 Å². The monoisotopic (exact) mass is 574 g/mol. The van der Waals surface area contributed by atoms with Crippen LogP contribution in [0.4, 0.5) is 24.8 Å².